The third-order valence-electron chi connectivity index (χ3n) is 3.47. The van der Waals surface area contributed by atoms with Crippen molar-refractivity contribution in [1.29, 1.82) is 0 Å². The number of nitrogens with one attached hydrogen (secondary N) is 1. The molecule has 118 valence electrons. The van der Waals surface area contributed by atoms with Crippen LogP contribution in [0.4, 0.5) is 4.39 Å². The van der Waals surface area contributed by atoms with Crippen LogP contribution in [0, 0.1) is 5.82 Å². The Hall–Kier alpha value is -2.34. The van der Waals surface area contributed by atoms with Gasteiger partial charge in [0.25, 0.3) is 0 Å². The first-order chi connectivity index (χ1) is 11.1. The number of aliphatic carboxylic acids is 1. The normalized spacial score (nSPS) is 10.9. The maximum atomic E-state index is 14.4. The quantitative estimate of drug-likeness (QED) is 0.697. The van der Waals surface area contributed by atoms with Crippen LogP contribution in [-0.2, 0) is 17.8 Å². The molecule has 0 saturated carbocycles. The molecule has 0 aliphatic heterocycles. The van der Waals surface area contributed by atoms with Crippen LogP contribution in [0.25, 0.3) is 10.9 Å². The molecular formula is C17H13BrFNO3. The fraction of sp³-hybridized carbons (Fsp3) is 0.118. The van der Waals surface area contributed by atoms with E-state index >= 15 is 0 Å². The van der Waals surface area contributed by atoms with Gasteiger partial charge in [-0.1, -0.05) is 30.3 Å². The maximum Gasteiger partial charge on any atom is 0.307 e. The summed E-state index contributed by atoms with van der Waals surface area (Å²) in [6.45, 7) is 0.201. The van der Waals surface area contributed by atoms with Gasteiger partial charge in [-0.3, -0.25) is 4.79 Å². The van der Waals surface area contributed by atoms with Gasteiger partial charge in [0.15, 0.2) is 11.6 Å². The molecule has 0 aliphatic carbocycles. The van der Waals surface area contributed by atoms with Gasteiger partial charge in [0.05, 0.1) is 11.9 Å². The molecule has 1 aromatic heterocycles. The average molecular weight is 378 g/mol. The Bertz CT molecular complexity index is 861. The summed E-state index contributed by atoms with van der Waals surface area (Å²) in [4.78, 5) is 14.0. The molecule has 4 nitrogen and oxygen atoms in total. The van der Waals surface area contributed by atoms with E-state index in [0.717, 1.165) is 5.56 Å². The first-order valence-corrected chi connectivity index (χ1v) is 7.72. The van der Waals surface area contributed by atoms with Crippen molar-refractivity contribution in [3.8, 4) is 5.75 Å². The van der Waals surface area contributed by atoms with Crippen molar-refractivity contribution in [3.05, 3.63) is 64.0 Å². The molecule has 0 amide bonds. The first-order valence-electron chi connectivity index (χ1n) is 6.92. The molecule has 3 aromatic rings. The van der Waals surface area contributed by atoms with E-state index in [0.29, 0.717) is 20.9 Å². The molecule has 0 bridgehead atoms. The molecule has 0 unspecified atom stereocenters. The van der Waals surface area contributed by atoms with Gasteiger partial charge in [0, 0.05) is 16.1 Å². The van der Waals surface area contributed by atoms with E-state index in [2.05, 4.69) is 20.9 Å². The van der Waals surface area contributed by atoms with Crippen LogP contribution in [0.5, 0.6) is 5.75 Å². The number of H-pyrrole nitrogens is 1. The third-order valence-corrected chi connectivity index (χ3v) is 4.09. The van der Waals surface area contributed by atoms with E-state index in [4.69, 9.17) is 9.84 Å². The van der Waals surface area contributed by atoms with Gasteiger partial charge in [0.1, 0.15) is 6.61 Å². The van der Waals surface area contributed by atoms with E-state index in [1.54, 1.807) is 6.20 Å². The smallest absolute Gasteiger partial charge is 0.307 e. The molecule has 23 heavy (non-hydrogen) atoms. The molecule has 3 rings (SSSR count). The predicted octanol–water partition coefficient (Wildman–Crippen LogP) is 4.28. The Balaban J connectivity index is 2.03. The van der Waals surface area contributed by atoms with Crippen molar-refractivity contribution in [2.24, 2.45) is 0 Å². The van der Waals surface area contributed by atoms with Crippen molar-refractivity contribution >= 4 is 32.8 Å². The minimum Gasteiger partial charge on any atom is -0.485 e. The second-order valence-electron chi connectivity index (χ2n) is 5.08. The lowest BCUT2D eigenvalue weighted by atomic mass is 10.1. The zero-order chi connectivity index (χ0) is 16.4. The van der Waals surface area contributed by atoms with Gasteiger partial charge < -0.3 is 14.8 Å². The van der Waals surface area contributed by atoms with E-state index in [1.807, 2.05) is 30.3 Å². The number of carboxylic acid groups (broad SMARTS) is 1. The van der Waals surface area contributed by atoms with Gasteiger partial charge in [-0.05, 0) is 33.1 Å². The van der Waals surface area contributed by atoms with Crippen molar-refractivity contribution in [1.82, 2.24) is 4.98 Å². The van der Waals surface area contributed by atoms with Crippen molar-refractivity contribution in [2.75, 3.05) is 0 Å². The largest absolute Gasteiger partial charge is 0.485 e. The highest BCUT2D eigenvalue weighted by molar-refractivity contribution is 9.10. The molecule has 1 heterocycles. The molecule has 2 aromatic carbocycles. The zero-order valence-electron chi connectivity index (χ0n) is 12.0. The van der Waals surface area contributed by atoms with Crippen LogP contribution in [0.3, 0.4) is 0 Å². The molecule has 6 heteroatoms. The topological polar surface area (TPSA) is 62.3 Å². The second-order valence-corrected chi connectivity index (χ2v) is 5.93. The van der Waals surface area contributed by atoms with Crippen LogP contribution in [0.1, 0.15) is 11.1 Å². The second kappa shape index (κ2) is 6.42. The standard InChI is InChI=1S/C17H13BrFNO3/c18-12-7-13(19)17(23-9-10-4-2-1-3-5-10)15-11(6-14(21)22)8-20-16(12)15/h1-5,7-8,20H,6,9H2,(H,21,22). The highest BCUT2D eigenvalue weighted by Crippen LogP contribution is 2.37. The van der Waals surface area contributed by atoms with E-state index in [1.165, 1.54) is 6.07 Å². The fourth-order valence-corrected chi connectivity index (χ4v) is 2.97. The lowest BCUT2D eigenvalue weighted by Gasteiger charge is -2.11. The Labute approximate surface area is 140 Å². The summed E-state index contributed by atoms with van der Waals surface area (Å²) >= 11 is 3.28. The number of rotatable bonds is 5. The molecular weight excluding hydrogens is 365 g/mol. The number of hydrogen-bond acceptors (Lipinski definition) is 2. The lowest BCUT2D eigenvalue weighted by molar-refractivity contribution is -0.136. The molecule has 0 saturated heterocycles. The molecule has 0 radical (unpaired) electrons. The van der Waals surface area contributed by atoms with Crippen LogP contribution in [0.2, 0.25) is 0 Å². The van der Waals surface area contributed by atoms with Gasteiger partial charge >= 0.3 is 5.97 Å². The molecule has 0 spiro atoms. The summed E-state index contributed by atoms with van der Waals surface area (Å²) in [7, 11) is 0. The van der Waals surface area contributed by atoms with Crippen LogP contribution >= 0.6 is 15.9 Å². The summed E-state index contributed by atoms with van der Waals surface area (Å²) in [6, 6.07) is 10.7. The minimum absolute atomic E-state index is 0.0598. The van der Waals surface area contributed by atoms with Crippen LogP contribution < -0.4 is 4.74 Å². The van der Waals surface area contributed by atoms with E-state index < -0.39 is 11.8 Å². The molecule has 0 fully saturated rings. The Kier molecular flexibility index (Phi) is 4.34. The first kappa shape index (κ1) is 15.6. The lowest BCUT2D eigenvalue weighted by Crippen LogP contribution is -2.02. The Morgan fingerprint density at radius 2 is 2.04 bits per heavy atom. The number of hydrogen-bond donors (Lipinski definition) is 2. The molecule has 0 aliphatic rings. The number of benzene rings is 2. The van der Waals surface area contributed by atoms with Gasteiger partial charge in [-0.25, -0.2) is 4.39 Å². The highest BCUT2D eigenvalue weighted by atomic mass is 79.9. The summed E-state index contributed by atoms with van der Waals surface area (Å²) in [6.07, 6.45) is 1.36. The number of aromatic nitrogens is 1. The van der Waals surface area contributed by atoms with E-state index in [9.17, 15) is 9.18 Å². The SMILES string of the molecule is O=C(O)Cc1c[nH]c2c(Br)cc(F)c(OCc3ccccc3)c12. The summed E-state index contributed by atoms with van der Waals surface area (Å²) in [5.74, 6) is -1.46. The zero-order valence-corrected chi connectivity index (χ0v) is 13.6. The highest BCUT2D eigenvalue weighted by Gasteiger charge is 2.19. The monoisotopic (exact) mass is 377 g/mol. The summed E-state index contributed by atoms with van der Waals surface area (Å²) < 4.78 is 20.5. The Morgan fingerprint density at radius 3 is 2.74 bits per heavy atom. The number of aromatic amines is 1. The Morgan fingerprint density at radius 1 is 1.30 bits per heavy atom. The number of fused-ring (bicyclic) bond motifs is 1. The van der Waals surface area contributed by atoms with Crippen molar-refractivity contribution < 1.29 is 19.0 Å². The van der Waals surface area contributed by atoms with Crippen LogP contribution in [-0.4, -0.2) is 16.1 Å². The number of halogens is 2. The third kappa shape index (κ3) is 3.22. The molecule has 0 atom stereocenters. The predicted molar refractivity (Wildman–Crippen MR) is 88.1 cm³/mol. The molecule has 2 N–H and O–H groups in total. The summed E-state index contributed by atoms with van der Waals surface area (Å²) in [5.41, 5.74) is 2.00. The summed E-state index contributed by atoms with van der Waals surface area (Å²) in [5, 5.41) is 9.48. The van der Waals surface area contributed by atoms with E-state index in [-0.39, 0.29) is 18.8 Å². The van der Waals surface area contributed by atoms with Crippen LogP contribution in [0.15, 0.2) is 47.1 Å². The average Bonchev–Trinajstić information content (AvgIpc) is 2.91. The fourth-order valence-electron chi connectivity index (χ4n) is 2.45. The van der Waals surface area contributed by atoms with Crippen molar-refractivity contribution in [2.45, 2.75) is 13.0 Å². The van der Waals surface area contributed by atoms with Gasteiger partial charge in [0.2, 0.25) is 0 Å². The minimum atomic E-state index is -0.986. The van der Waals surface area contributed by atoms with Gasteiger partial charge in [-0.15, -0.1) is 0 Å². The number of ether oxygens (including phenoxy) is 1. The van der Waals surface area contributed by atoms with Crippen molar-refractivity contribution in [3.63, 3.8) is 0 Å². The van der Waals surface area contributed by atoms with Gasteiger partial charge in [-0.2, -0.15) is 0 Å². The maximum absolute atomic E-state index is 14.4. The number of carbonyl (C=O) groups is 1. The number of carboxylic acids is 1.